The van der Waals surface area contributed by atoms with Crippen molar-refractivity contribution >= 4 is 17.7 Å². The van der Waals surface area contributed by atoms with Gasteiger partial charge in [0.05, 0.1) is 19.4 Å². The first-order chi connectivity index (χ1) is 10.5. The predicted octanol–water partition coefficient (Wildman–Crippen LogP) is -1.64. The van der Waals surface area contributed by atoms with Crippen molar-refractivity contribution in [3.63, 3.8) is 0 Å². The summed E-state index contributed by atoms with van der Waals surface area (Å²) in [6.45, 7) is 2.05. The quantitative estimate of drug-likeness (QED) is 0.341. The second kappa shape index (κ2) is 9.68. The van der Waals surface area contributed by atoms with Gasteiger partial charge in [0.1, 0.15) is 18.7 Å². The molecule has 8 heteroatoms. The molecule has 132 valence electrons. The van der Waals surface area contributed by atoms with Crippen LogP contribution in [0.1, 0.15) is 39.6 Å². The van der Waals surface area contributed by atoms with E-state index >= 15 is 0 Å². The van der Waals surface area contributed by atoms with Crippen molar-refractivity contribution in [1.82, 2.24) is 9.78 Å². The maximum atomic E-state index is 12.1. The van der Waals surface area contributed by atoms with E-state index in [1.54, 1.807) is 13.1 Å². The average Bonchev–Trinajstić information content (AvgIpc) is 2.88. The van der Waals surface area contributed by atoms with Crippen LogP contribution in [0.2, 0.25) is 0 Å². The molecule has 0 aromatic carbocycles. The van der Waals surface area contributed by atoms with E-state index in [0.717, 1.165) is 11.3 Å². The van der Waals surface area contributed by atoms with Crippen LogP contribution in [0.3, 0.4) is 0 Å². The number of carbonyl (C=O) groups is 3. The number of hydrogen-bond acceptors (Lipinski definition) is 6. The van der Waals surface area contributed by atoms with Crippen molar-refractivity contribution in [2.75, 3.05) is 13.7 Å². The van der Waals surface area contributed by atoms with E-state index in [-0.39, 0.29) is 97.2 Å². The largest absolute Gasteiger partial charge is 1.00 e. The monoisotopic (exact) mass is 365 g/mol. The van der Waals surface area contributed by atoms with Crippen LogP contribution in [-0.4, -0.2) is 41.2 Å². The number of ether oxygens (including phenoxy) is 2. The Hall–Kier alpha value is -0.544. The Morgan fingerprint density at radius 2 is 2.13 bits per heavy atom. The van der Waals surface area contributed by atoms with Crippen molar-refractivity contribution < 1.29 is 83.8 Å². The topological polar surface area (TPSA) is 87.5 Å². The summed E-state index contributed by atoms with van der Waals surface area (Å²) in [6.07, 6.45) is 3.48. The summed E-state index contributed by atoms with van der Waals surface area (Å²) < 4.78 is 10.9. The van der Waals surface area contributed by atoms with E-state index in [1.165, 1.54) is 11.8 Å². The van der Waals surface area contributed by atoms with E-state index in [1.807, 2.05) is 0 Å². The standard InChI is InChI=1S/C15H20N2O5.K.6H/c1-3-22-14(19)7-13(18)10-4-5-12-11(6-10)8-17(16-12)9-15(20)21-2;;;;;;;/h8,10H,3-7,9H2,1-2H3;;;;;;;/q;+1;6*-1/i;;6*1+2. The second-order valence-electron chi connectivity index (χ2n) is 5.26. The molecule has 0 spiro atoms. The molecule has 7 nitrogen and oxygen atoms in total. The molecule has 1 aromatic heterocycles. The molecule has 0 amide bonds. The zero-order valence-corrected chi connectivity index (χ0v) is 17.0. The van der Waals surface area contributed by atoms with Gasteiger partial charge in [-0.25, -0.2) is 0 Å². The maximum Gasteiger partial charge on any atom is 1.00 e. The number of esters is 2. The number of carbonyl (C=O) groups excluding carboxylic acids is 3. The number of nitrogens with zero attached hydrogens (tertiary/aromatic N) is 2. The molecular formula is C15H26KN2O5-5. The fourth-order valence-corrected chi connectivity index (χ4v) is 2.61. The fraction of sp³-hybridized carbons (Fsp3) is 0.600. The molecule has 1 aliphatic carbocycles. The fourth-order valence-electron chi connectivity index (χ4n) is 2.61. The summed E-state index contributed by atoms with van der Waals surface area (Å²) in [6, 6.07) is 0. The average molecular weight is 366 g/mol. The Labute approximate surface area is 186 Å². The van der Waals surface area contributed by atoms with Crippen molar-refractivity contribution in [1.29, 1.82) is 0 Å². The molecule has 2 rings (SSSR count). The molecule has 1 aliphatic rings. The maximum absolute atomic E-state index is 12.1. The van der Waals surface area contributed by atoms with Crippen LogP contribution < -0.4 is 51.4 Å². The molecule has 0 radical (unpaired) electrons. The van der Waals surface area contributed by atoms with Gasteiger partial charge in [0.2, 0.25) is 0 Å². The predicted molar refractivity (Wildman–Crippen MR) is 82.7 cm³/mol. The number of aryl methyl sites for hydroxylation is 1. The van der Waals surface area contributed by atoms with Crippen LogP contribution >= 0.6 is 0 Å². The Balaban J connectivity index is -0.000000189. The van der Waals surface area contributed by atoms with Gasteiger partial charge in [0.15, 0.2) is 0 Å². The molecule has 1 atom stereocenters. The normalized spacial score (nSPS) is 16.0. The number of Topliss-reactive ketones (excluding diaryl/α,β-unsaturated/α-hetero) is 1. The van der Waals surface area contributed by atoms with Gasteiger partial charge in [-0.05, 0) is 31.7 Å². The summed E-state index contributed by atoms with van der Waals surface area (Å²) in [7, 11) is 1.33. The van der Waals surface area contributed by atoms with Crippen LogP contribution in [0, 0.1) is 5.92 Å². The number of hydrogen-bond donors (Lipinski definition) is 0. The van der Waals surface area contributed by atoms with Gasteiger partial charge in [0.25, 0.3) is 0 Å². The summed E-state index contributed by atoms with van der Waals surface area (Å²) in [5, 5.41) is 4.34. The van der Waals surface area contributed by atoms with Crippen molar-refractivity contribution in [3.8, 4) is 0 Å². The molecule has 0 saturated carbocycles. The second-order valence-corrected chi connectivity index (χ2v) is 5.26. The van der Waals surface area contributed by atoms with E-state index < -0.39 is 5.97 Å². The van der Waals surface area contributed by atoms with Gasteiger partial charge < -0.3 is 18.0 Å². The van der Waals surface area contributed by atoms with Crippen molar-refractivity contribution in [2.45, 2.75) is 39.2 Å². The molecule has 0 N–H and O–H groups in total. The number of rotatable bonds is 6. The molecule has 0 aliphatic heterocycles. The van der Waals surface area contributed by atoms with Gasteiger partial charge in [-0.3, -0.25) is 19.1 Å². The SMILES string of the molecule is CCOC(=O)CC(=O)C1CCc2nn(CC(=O)OC)cc2C1.[3H-].[3H-].[3H-].[3H-].[3H-].[3H-].[K+]. The Morgan fingerprint density at radius 3 is 2.78 bits per heavy atom. The minimum Gasteiger partial charge on any atom is -1.00 e. The minimum atomic E-state index is -0.473. The minimum absolute atomic E-state index is 0. The third-order valence-corrected chi connectivity index (χ3v) is 3.72. The molecule has 0 saturated heterocycles. The third kappa shape index (κ3) is 5.79. The Kier molecular flexibility index (Phi) is 8.63. The Bertz CT molecular complexity index is 606. The van der Waals surface area contributed by atoms with Gasteiger partial charge in [-0.1, -0.05) is 0 Å². The van der Waals surface area contributed by atoms with Crippen molar-refractivity contribution in [3.05, 3.63) is 17.5 Å². The first-order valence-corrected chi connectivity index (χ1v) is 7.33. The summed E-state index contributed by atoms with van der Waals surface area (Å²) in [5.74, 6) is -1.12. The first kappa shape index (κ1) is 20.5. The van der Waals surface area contributed by atoms with Gasteiger partial charge in [0, 0.05) is 12.1 Å². The molecule has 0 bridgehead atoms. The van der Waals surface area contributed by atoms with Gasteiger partial charge in [-0.2, -0.15) is 5.10 Å². The van der Waals surface area contributed by atoms with Gasteiger partial charge >= 0.3 is 63.3 Å². The molecule has 1 heterocycles. The molecule has 1 aromatic rings. The van der Waals surface area contributed by atoms with Gasteiger partial charge in [-0.15, -0.1) is 0 Å². The van der Waals surface area contributed by atoms with Crippen LogP contribution in [-0.2, 0) is 43.2 Å². The number of aromatic nitrogens is 2. The van der Waals surface area contributed by atoms with Crippen LogP contribution in [0.5, 0.6) is 0 Å². The number of methoxy groups -OCH3 is 1. The summed E-state index contributed by atoms with van der Waals surface area (Å²) in [5.41, 5.74) is 1.86. The molecule has 1 unspecified atom stereocenters. The van der Waals surface area contributed by atoms with Crippen LogP contribution in [0.15, 0.2) is 6.20 Å². The molecular weight excluding hydrogens is 327 g/mol. The number of ketones is 1. The van der Waals surface area contributed by atoms with Crippen LogP contribution in [0.4, 0.5) is 0 Å². The smallest absolute Gasteiger partial charge is 1.00 e. The van der Waals surface area contributed by atoms with Crippen molar-refractivity contribution in [2.24, 2.45) is 5.92 Å². The third-order valence-electron chi connectivity index (χ3n) is 3.72. The van der Waals surface area contributed by atoms with E-state index in [2.05, 4.69) is 9.84 Å². The zero-order valence-electron chi connectivity index (χ0n) is 19.8. The first-order valence-electron chi connectivity index (χ1n) is 7.33. The summed E-state index contributed by atoms with van der Waals surface area (Å²) in [4.78, 5) is 34.8. The van der Waals surface area contributed by atoms with Crippen LogP contribution in [0.25, 0.3) is 0 Å². The van der Waals surface area contributed by atoms with E-state index in [9.17, 15) is 14.4 Å². The number of fused-ring (bicyclic) bond motifs is 1. The zero-order chi connectivity index (χ0) is 16.1. The molecule has 0 fully saturated rings. The Morgan fingerprint density at radius 1 is 1.39 bits per heavy atom. The van der Waals surface area contributed by atoms with E-state index in [4.69, 9.17) is 4.74 Å². The van der Waals surface area contributed by atoms with E-state index in [0.29, 0.717) is 19.3 Å². The molecule has 23 heavy (non-hydrogen) atoms. The summed E-state index contributed by atoms with van der Waals surface area (Å²) >= 11 is 0.